The van der Waals surface area contributed by atoms with Crippen LogP contribution >= 0.6 is 23.2 Å². The summed E-state index contributed by atoms with van der Waals surface area (Å²) in [5.74, 6) is -2.85. The smallest absolute Gasteiger partial charge is 0.231 e. The lowest BCUT2D eigenvalue weighted by Crippen LogP contribution is -2.57. The van der Waals surface area contributed by atoms with E-state index in [1.807, 2.05) is 30.6 Å². The Morgan fingerprint density at radius 2 is 1.90 bits per heavy atom. The zero-order valence-corrected chi connectivity index (χ0v) is 24.3. The van der Waals surface area contributed by atoms with E-state index in [0.717, 1.165) is 6.07 Å². The molecule has 0 aromatic heterocycles. The molecule has 0 radical (unpaired) electrons. The van der Waals surface area contributed by atoms with Crippen molar-refractivity contribution in [2.45, 2.75) is 56.8 Å². The van der Waals surface area contributed by atoms with Gasteiger partial charge in [-0.05, 0) is 35.6 Å². The molecule has 2 aromatic carbocycles. The van der Waals surface area contributed by atoms with Crippen LogP contribution in [0.15, 0.2) is 36.4 Å². The molecule has 2 heterocycles. The molecule has 1 amide bonds. The lowest BCUT2D eigenvalue weighted by Gasteiger charge is -2.41. The van der Waals surface area contributed by atoms with E-state index in [1.165, 1.54) is 24.3 Å². The molecular weight excluding hydrogens is 559 g/mol. The predicted octanol–water partition coefficient (Wildman–Crippen LogP) is 4.01. The van der Waals surface area contributed by atoms with E-state index in [4.69, 9.17) is 28.9 Å². The Labute approximate surface area is 243 Å². The molecule has 0 saturated carbocycles. The van der Waals surface area contributed by atoms with E-state index in [0.29, 0.717) is 32.6 Å². The average molecular weight is 595 g/mol. The van der Waals surface area contributed by atoms with E-state index >= 15 is 8.78 Å². The number of rotatable bonds is 7. The van der Waals surface area contributed by atoms with Gasteiger partial charge in [0.1, 0.15) is 23.3 Å². The Morgan fingerprint density at radius 1 is 1.23 bits per heavy atom. The number of nitrogens with zero attached hydrogens (tertiary/aromatic N) is 3. The summed E-state index contributed by atoms with van der Waals surface area (Å²) in [5.41, 5.74) is 3.61. The summed E-state index contributed by atoms with van der Waals surface area (Å²) in [6.45, 7) is 7.94. The van der Waals surface area contributed by atoms with Crippen LogP contribution in [0.3, 0.4) is 0 Å². The number of nitrogens with one attached hydrogen (secondary N) is 1. The monoisotopic (exact) mass is 593 g/mol. The molecule has 2 fully saturated rings. The molecule has 4 rings (SSSR count). The van der Waals surface area contributed by atoms with Crippen molar-refractivity contribution in [2.75, 3.05) is 32.7 Å². The number of benzene rings is 2. The number of primary amides is 1. The number of carbonyl (C=O) groups is 1. The van der Waals surface area contributed by atoms with Gasteiger partial charge in [0.25, 0.3) is 0 Å². The number of halogens is 4. The summed E-state index contributed by atoms with van der Waals surface area (Å²) in [6, 6.07) is 9.55. The summed E-state index contributed by atoms with van der Waals surface area (Å²) < 4.78 is 31.5. The maximum atomic E-state index is 15.8. The fourth-order valence-electron chi connectivity index (χ4n) is 6.27. The molecule has 2 aromatic rings. The number of nitriles is 1. The van der Waals surface area contributed by atoms with Crippen molar-refractivity contribution in [2.24, 2.45) is 11.1 Å². The number of hydrogen-bond donors (Lipinski definition) is 3. The van der Waals surface area contributed by atoms with Crippen LogP contribution in [0.1, 0.15) is 44.2 Å². The van der Waals surface area contributed by atoms with Crippen molar-refractivity contribution in [3.63, 3.8) is 0 Å². The van der Waals surface area contributed by atoms with E-state index in [9.17, 15) is 15.2 Å². The van der Waals surface area contributed by atoms with Crippen molar-refractivity contribution < 1.29 is 18.7 Å². The molecule has 2 aliphatic heterocycles. The summed E-state index contributed by atoms with van der Waals surface area (Å²) in [4.78, 5) is 15.1. The van der Waals surface area contributed by atoms with E-state index in [-0.39, 0.29) is 33.1 Å². The maximum Gasteiger partial charge on any atom is 0.231 e. The van der Waals surface area contributed by atoms with Crippen molar-refractivity contribution in [3.05, 3.63) is 69.2 Å². The van der Waals surface area contributed by atoms with E-state index < -0.39 is 47.2 Å². The Bertz CT molecular complexity index is 1290. The standard InChI is InChI=1S/C29H35Cl2F2N5O2/c1-28(2,3)14-22-29(16-34,19-8-7-17(30)13-21(19)32)24(18-5-4-6-20(31)25(18)33)26(36-22)27(40)38-11-9-37(10-12-38)15-23(35)39/h4-8,13,22,24,26-27,36,40H,9-12,14-15H2,1-3H3,(H2,35,39). The number of hydrogen-bond acceptors (Lipinski definition) is 6. The molecule has 2 saturated heterocycles. The van der Waals surface area contributed by atoms with Crippen LogP contribution in [-0.2, 0) is 10.2 Å². The summed E-state index contributed by atoms with van der Waals surface area (Å²) in [6.07, 6.45) is -0.733. The summed E-state index contributed by atoms with van der Waals surface area (Å²) in [5, 5.41) is 26.3. The van der Waals surface area contributed by atoms with Crippen molar-refractivity contribution in [1.82, 2.24) is 15.1 Å². The van der Waals surface area contributed by atoms with E-state index in [1.54, 1.807) is 6.07 Å². The first kappa shape index (κ1) is 30.6. The normalized spacial score (nSPS) is 26.9. The van der Waals surface area contributed by atoms with Gasteiger partial charge in [-0.15, -0.1) is 0 Å². The molecule has 216 valence electrons. The molecule has 2 aliphatic rings. The van der Waals surface area contributed by atoms with Gasteiger partial charge in [0, 0.05) is 48.7 Å². The summed E-state index contributed by atoms with van der Waals surface area (Å²) in [7, 11) is 0. The predicted molar refractivity (Wildman–Crippen MR) is 151 cm³/mol. The fourth-order valence-corrected chi connectivity index (χ4v) is 6.61. The fraction of sp³-hybridized carbons (Fsp3) is 0.517. The first-order valence-corrected chi connectivity index (χ1v) is 14.0. The minimum absolute atomic E-state index is 0.0755. The largest absolute Gasteiger partial charge is 0.377 e. The van der Waals surface area contributed by atoms with Crippen LogP contribution < -0.4 is 11.1 Å². The highest BCUT2D eigenvalue weighted by atomic mass is 35.5. The van der Waals surface area contributed by atoms with Crippen LogP contribution in [0.2, 0.25) is 10.0 Å². The van der Waals surface area contributed by atoms with Gasteiger partial charge in [-0.25, -0.2) is 8.78 Å². The molecule has 5 atom stereocenters. The van der Waals surface area contributed by atoms with Gasteiger partial charge in [-0.3, -0.25) is 14.6 Å². The molecule has 0 bridgehead atoms. The highest BCUT2D eigenvalue weighted by Crippen LogP contribution is 2.53. The number of piperazine rings is 1. The molecule has 0 spiro atoms. The SMILES string of the molecule is CC(C)(C)CC1NC(C(O)N2CCN(CC(N)=O)CC2)C(c2cccc(Cl)c2F)C1(C#N)c1ccc(Cl)cc1F. The molecule has 0 aliphatic carbocycles. The number of carbonyl (C=O) groups excluding carboxylic acids is 1. The average Bonchev–Trinajstić information content (AvgIpc) is 3.18. The minimum Gasteiger partial charge on any atom is -0.377 e. The third-order valence-corrected chi connectivity index (χ3v) is 8.50. The lowest BCUT2D eigenvalue weighted by atomic mass is 9.62. The lowest BCUT2D eigenvalue weighted by molar-refractivity contribution is -0.120. The second-order valence-corrected chi connectivity index (χ2v) is 12.8. The third-order valence-electron chi connectivity index (χ3n) is 7.97. The number of amides is 1. The van der Waals surface area contributed by atoms with Gasteiger partial charge < -0.3 is 16.2 Å². The van der Waals surface area contributed by atoms with Crippen LogP contribution in [0.25, 0.3) is 0 Å². The van der Waals surface area contributed by atoms with Gasteiger partial charge in [0.05, 0.1) is 23.7 Å². The second-order valence-electron chi connectivity index (χ2n) is 11.9. The van der Waals surface area contributed by atoms with Gasteiger partial charge in [0.15, 0.2) is 0 Å². The van der Waals surface area contributed by atoms with Crippen LogP contribution in [0, 0.1) is 28.4 Å². The van der Waals surface area contributed by atoms with Crippen LogP contribution in [-0.4, -0.2) is 71.8 Å². The van der Waals surface area contributed by atoms with E-state index in [2.05, 4.69) is 11.4 Å². The molecule has 4 N–H and O–H groups in total. The molecule has 5 unspecified atom stereocenters. The first-order valence-electron chi connectivity index (χ1n) is 13.3. The van der Waals surface area contributed by atoms with Crippen molar-refractivity contribution in [1.29, 1.82) is 5.26 Å². The zero-order chi connectivity index (χ0) is 29.4. The second kappa shape index (κ2) is 11.9. The van der Waals surface area contributed by atoms with Crippen molar-refractivity contribution in [3.8, 4) is 6.07 Å². The Kier molecular flexibility index (Phi) is 9.10. The topological polar surface area (TPSA) is 106 Å². The number of aliphatic hydroxyl groups excluding tert-OH is 1. The van der Waals surface area contributed by atoms with Gasteiger partial charge >= 0.3 is 0 Å². The highest BCUT2D eigenvalue weighted by molar-refractivity contribution is 6.31. The maximum absolute atomic E-state index is 15.8. The van der Waals surface area contributed by atoms with Crippen LogP contribution in [0.4, 0.5) is 8.78 Å². The molecule has 7 nitrogen and oxygen atoms in total. The molecule has 11 heteroatoms. The quantitative estimate of drug-likeness (QED) is 0.448. The van der Waals surface area contributed by atoms with Gasteiger partial charge in [-0.1, -0.05) is 62.2 Å². The van der Waals surface area contributed by atoms with Gasteiger partial charge in [-0.2, -0.15) is 5.26 Å². The Morgan fingerprint density at radius 3 is 2.48 bits per heavy atom. The van der Waals surface area contributed by atoms with Crippen LogP contribution in [0.5, 0.6) is 0 Å². The highest BCUT2D eigenvalue weighted by Gasteiger charge is 2.61. The Balaban J connectivity index is 1.87. The minimum atomic E-state index is -1.62. The Hall–Kier alpha value is -2.32. The molecular formula is C29H35Cl2F2N5O2. The number of nitrogens with two attached hydrogens (primary N) is 1. The first-order chi connectivity index (χ1) is 18.8. The molecule has 40 heavy (non-hydrogen) atoms. The summed E-state index contributed by atoms with van der Waals surface area (Å²) >= 11 is 12.3. The zero-order valence-electron chi connectivity index (χ0n) is 22.8. The number of aliphatic hydroxyl groups is 1. The van der Waals surface area contributed by atoms with Crippen molar-refractivity contribution >= 4 is 29.1 Å². The third kappa shape index (κ3) is 5.98. The van der Waals surface area contributed by atoms with Gasteiger partial charge in [0.2, 0.25) is 5.91 Å².